The van der Waals surface area contributed by atoms with Gasteiger partial charge in [-0.1, -0.05) is 157 Å². The maximum absolute atomic E-state index is 13.5. The molecule has 0 rings (SSSR count). The van der Waals surface area contributed by atoms with Crippen LogP contribution in [-0.2, 0) is 47.7 Å². The van der Waals surface area contributed by atoms with Crippen molar-refractivity contribution >= 4 is 29.8 Å². The summed E-state index contributed by atoms with van der Waals surface area (Å²) in [5, 5.41) is 0. The summed E-state index contributed by atoms with van der Waals surface area (Å²) >= 11 is 0. The van der Waals surface area contributed by atoms with E-state index in [1.54, 1.807) is 0 Å². The molecule has 0 aromatic heterocycles. The van der Waals surface area contributed by atoms with Crippen molar-refractivity contribution in [1.82, 2.24) is 4.90 Å². The summed E-state index contributed by atoms with van der Waals surface area (Å²) in [6, 6.07) is 0. The van der Waals surface area contributed by atoms with Gasteiger partial charge in [-0.3, -0.25) is 24.0 Å². The average molecular weight is 868 g/mol. The van der Waals surface area contributed by atoms with Gasteiger partial charge in [-0.2, -0.15) is 0 Å². The largest absolute Gasteiger partial charge is 0.465 e. The van der Waals surface area contributed by atoms with Crippen LogP contribution in [0.4, 0.5) is 0 Å². The summed E-state index contributed by atoms with van der Waals surface area (Å²) in [6.07, 6.45) is 26.2. The third kappa shape index (κ3) is 35.5. The Morgan fingerprint density at radius 2 is 0.754 bits per heavy atom. The molecular formula is C50H93NO10. The van der Waals surface area contributed by atoms with Gasteiger partial charge in [-0.15, -0.1) is 0 Å². The Bertz CT molecular complexity index is 1050. The van der Waals surface area contributed by atoms with E-state index in [2.05, 4.69) is 34.6 Å². The highest BCUT2D eigenvalue weighted by atomic mass is 16.6. The van der Waals surface area contributed by atoms with E-state index in [-0.39, 0.29) is 57.5 Å². The van der Waals surface area contributed by atoms with Crippen LogP contribution in [0.1, 0.15) is 221 Å². The number of rotatable bonds is 43. The lowest BCUT2D eigenvalue weighted by atomic mass is 9.90. The Balaban J connectivity index is 6.12. The topological polar surface area (TPSA) is 135 Å². The number of carbonyl (C=O) groups is 5. The van der Waals surface area contributed by atoms with Crippen LogP contribution in [-0.4, -0.2) is 88.4 Å². The van der Waals surface area contributed by atoms with E-state index in [1.165, 1.54) is 25.7 Å². The predicted octanol–water partition coefficient (Wildman–Crippen LogP) is 11.9. The zero-order valence-corrected chi connectivity index (χ0v) is 40.4. The fourth-order valence-corrected chi connectivity index (χ4v) is 7.46. The van der Waals surface area contributed by atoms with Gasteiger partial charge in [0.2, 0.25) is 0 Å². The minimum Gasteiger partial charge on any atom is -0.465 e. The van der Waals surface area contributed by atoms with Gasteiger partial charge in [-0.05, 0) is 71.0 Å². The van der Waals surface area contributed by atoms with Crippen LogP contribution in [0.15, 0.2) is 0 Å². The molecule has 0 aromatic carbocycles. The summed E-state index contributed by atoms with van der Waals surface area (Å²) in [7, 11) is 3.85. The van der Waals surface area contributed by atoms with Crippen molar-refractivity contribution in [3.05, 3.63) is 0 Å². The van der Waals surface area contributed by atoms with Crippen LogP contribution in [0.2, 0.25) is 0 Å². The average Bonchev–Trinajstić information content (AvgIpc) is 3.22. The zero-order valence-electron chi connectivity index (χ0n) is 40.4. The third-order valence-electron chi connectivity index (χ3n) is 11.5. The maximum Gasteiger partial charge on any atom is 0.317 e. The van der Waals surface area contributed by atoms with E-state index >= 15 is 0 Å². The molecule has 0 saturated carbocycles. The van der Waals surface area contributed by atoms with E-state index in [1.807, 2.05) is 19.0 Å². The second-order valence-electron chi connectivity index (χ2n) is 18.0. The molecular weight excluding hydrogens is 775 g/mol. The van der Waals surface area contributed by atoms with Gasteiger partial charge >= 0.3 is 29.8 Å². The highest BCUT2D eigenvalue weighted by Gasteiger charge is 2.38. The minimum atomic E-state index is -1.39. The molecule has 0 amide bonds. The van der Waals surface area contributed by atoms with Crippen molar-refractivity contribution in [1.29, 1.82) is 0 Å². The van der Waals surface area contributed by atoms with Crippen LogP contribution >= 0.6 is 0 Å². The maximum atomic E-state index is 13.5. The summed E-state index contributed by atoms with van der Waals surface area (Å²) in [5.41, 5.74) is -1.39. The SMILES string of the molecule is CCCCCCCCCCOC(=O)CC(=O)OCC(COC(=O)CCCN(C)C)(COC(=O)CC(CCCCC)CCCCC)COC(=O)CC(CCCCC)CCCCC. The van der Waals surface area contributed by atoms with Crippen molar-refractivity contribution in [2.24, 2.45) is 17.3 Å². The van der Waals surface area contributed by atoms with E-state index in [4.69, 9.17) is 23.7 Å². The fourth-order valence-electron chi connectivity index (χ4n) is 7.46. The van der Waals surface area contributed by atoms with Gasteiger partial charge in [0.1, 0.15) is 38.3 Å². The second-order valence-corrected chi connectivity index (χ2v) is 18.0. The number of esters is 5. The number of ether oxygens (including phenoxy) is 5. The molecule has 0 atom stereocenters. The van der Waals surface area contributed by atoms with Gasteiger partial charge in [0.15, 0.2) is 0 Å². The monoisotopic (exact) mass is 868 g/mol. The molecule has 61 heavy (non-hydrogen) atoms. The molecule has 0 aliphatic carbocycles. The van der Waals surface area contributed by atoms with Gasteiger partial charge in [0.25, 0.3) is 0 Å². The molecule has 11 heteroatoms. The van der Waals surface area contributed by atoms with E-state index in [0.717, 1.165) is 128 Å². The Morgan fingerprint density at radius 1 is 0.410 bits per heavy atom. The van der Waals surface area contributed by atoms with Crippen LogP contribution in [0.3, 0.4) is 0 Å². The lowest BCUT2D eigenvalue weighted by Gasteiger charge is -2.32. The fraction of sp³-hybridized carbons (Fsp3) is 0.900. The standard InChI is InChI=1S/C50H93NO10/c1-8-13-18-19-20-21-22-27-35-57-48(55)38-49(56)61-42-50(39-58-45(52)33-28-34-51(6)7,40-59-46(53)36-43(29-23-14-9-2)30-24-15-10-3)41-60-47(54)37-44(31-25-16-11-4)32-26-17-12-5/h43-44H,8-42H2,1-7H3. The van der Waals surface area contributed by atoms with Crippen molar-refractivity contribution < 1.29 is 47.7 Å². The normalized spacial score (nSPS) is 11.6. The van der Waals surface area contributed by atoms with Gasteiger partial charge in [0.05, 0.1) is 6.61 Å². The molecule has 0 heterocycles. The first-order valence-electron chi connectivity index (χ1n) is 24.9. The van der Waals surface area contributed by atoms with Crippen molar-refractivity contribution in [2.45, 2.75) is 221 Å². The number of hydrogen-bond acceptors (Lipinski definition) is 11. The number of hydrogen-bond donors (Lipinski definition) is 0. The summed E-state index contributed by atoms with van der Waals surface area (Å²) in [4.78, 5) is 67.8. The van der Waals surface area contributed by atoms with Crippen LogP contribution in [0.25, 0.3) is 0 Å². The first-order valence-corrected chi connectivity index (χ1v) is 24.9. The zero-order chi connectivity index (χ0) is 45.4. The highest BCUT2D eigenvalue weighted by Crippen LogP contribution is 2.27. The first-order chi connectivity index (χ1) is 29.4. The second kappa shape index (κ2) is 40.1. The smallest absolute Gasteiger partial charge is 0.317 e. The summed E-state index contributed by atoms with van der Waals surface area (Å²) in [5.74, 6) is -2.39. The van der Waals surface area contributed by atoms with Crippen LogP contribution in [0, 0.1) is 17.3 Å². The van der Waals surface area contributed by atoms with E-state index < -0.39 is 48.3 Å². The lowest BCUT2D eigenvalue weighted by molar-refractivity contribution is -0.172. The van der Waals surface area contributed by atoms with Crippen molar-refractivity contribution in [2.75, 3.05) is 53.7 Å². The Hall–Kier alpha value is -2.69. The van der Waals surface area contributed by atoms with Gasteiger partial charge in [0, 0.05) is 19.3 Å². The Kier molecular flexibility index (Phi) is 38.3. The molecule has 0 aliphatic rings. The third-order valence-corrected chi connectivity index (χ3v) is 11.5. The molecule has 11 nitrogen and oxygen atoms in total. The molecule has 0 aliphatic heterocycles. The van der Waals surface area contributed by atoms with Gasteiger partial charge < -0.3 is 28.6 Å². The first kappa shape index (κ1) is 58.3. The van der Waals surface area contributed by atoms with Crippen molar-refractivity contribution in [3.63, 3.8) is 0 Å². The van der Waals surface area contributed by atoms with Gasteiger partial charge in [-0.25, -0.2) is 0 Å². The minimum absolute atomic E-state index is 0.159. The van der Waals surface area contributed by atoms with Crippen LogP contribution in [0.5, 0.6) is 0 Å². The Morgan fingerprint density at radius 3 is 1.16 bits per heavy atom. The number of carbonyl (C=O) groups excluding carboxylic acids is 5. The number of unbranched alkanes of at least 4 members (excludes halogenated alkanes) is 15. The van der Waals surface area contributed by atoms with E-state index in [9.17, 15) is 24.0 Å². The van der Waals surface area contributed by atoms with Crippen LogP contribution < -0.4 is 0 Å². The van der Waals surface area contributed by atoms with E-state index in [0.29, 0.717) is 13.0 Å². The quantitative estimate of drug-likeness (QED) is 0.0251. The Labute approximate surface area is 373 Å². The highest BCUT2D eigenvalue weighted by molar-refractivity contribution is 5.91. The molecule has 0 N–H and O–H groups in total. The molecule has 0 fully saturated rings. The molecule has 0 saturated heterocycles. The molecule has 0 aromatic rings. The van der Waals surface area contributed by atoms with Crippen molar-refractivity contribution in [3.8, 4) is 0 Å². The predicted molar refractivity (Wildman–Crippen MR) is 245 cm³/mol. The molecule has 0 spiro atoms. The molecule has 0 radical (unpaired) electrons. The summed E-state index contributed by atoms with van der Waals surface area (Å²) in [6.45, 7) is 10.5. The summed E-state index contributed by atoms with van der Waals surface area (Å²) < 4.78 is 28.7. The molecule has 358 valence electrons. The lowest BCUT2D eigenvalue weighted by Crippen LogP contribution is -2.44. The number of nitrogens with zero attached hydrogens (tertiary/aromatic N) is 1. The molecule has 0 unspecified atom stereocenters. The molecule has 0 bridgehead atoms.